The van der Waals surface area contributed by atoms with Gasteiger partial charge in [0.1, 0.15) is 0 Å². The van der Waals surface area contributed by atoms with Crippen LogP contribution in [0.15, 0.2) is 36.4 Å². The maximum Gasteiger partial charge on any atom is 0.222 e. The molecule has 1 amide bonds. The van der Waals surface area contributed by atoms with Crippen molar-refractivity contribution in [3.05, 3.63) is 47.5 Å². The Kier molecular flexibility index (Phi) is 3.02. The predicted octanol–water partition coefficient (Wildman–Crippen LogP) is 3.18. The molecule has 0 atom stereocenters. The highest BCUT2D eigenvalue weighted by Crippen LogP contribution is 2.31. The number of rotatable bonds is 2. The molecule has 0 heterocycles. The van der Waals surface area contributed by atoms with E-state index in [2.05, 4.69) is 36.4 Å². The van der Waals surface area contributed by atoms with Crippen LogP contribution in [0.25, 0.3) is 10.8 Å². The molecule has 0 saturated heterocycles. The number of carbonyl (C=O) groups excluding carboxylic acids is 1. The fraction of sp³-hybridized carbons (Fsp3) is 0.353. The summed E-state index contributed by atoms with van der Waals surface area (Å²) in [6.07, 6.45) is 2.52. The van der Waals surface area contributed by atoms with E-state index in [1.165, 1.54) is 21.9 Å². The molecule has 0 aromatic heterocycles. The molecule has 19 heavy (non-hydrogen) atoms. The van der Waals surface area contributed by atoms with Crippen LogP contribution in [0.5, 0.6) is 0 Å². The van der Waals surface area contributed by atoms with Crippen LogP contribution in [0, 0.1) is 0 Å². The maximum atomic E-state index is 11.9. The quantitative estimate of drug-likeness (QED) is 0.805. The summed E-state index contributed by atoms with van der Waals surface area (Å²) in [6.45, 7) is 1.93. The van der Waals surface area contributed by atoms with Crippen LogP contribution in [0.1, 0.15) is 24.5 Å². The Morgan fingerprint density at radius 1 is 1.16 bits per heavy atom. The molecular weight excluding hydrogens is 234 g/mol. The van der Waals surface area contributed by atoms with Gasteiger partial charge in [-0.3, -0.25) is 4.79 Å². The first-order chi connectivity index (χ1) is 9.20. The molecule has 0 radical (unpaired) electrons. The van der Waals surface area contributed by atoms with Crippen LogP contribution in [0.3, 0.4) is 0 Å². The molecule has 0 aliphatic heterocycles. The van der Waals surface area contributed by atoms with Gasteiger partial charge < -0.3 is 4.90 Å². The summed E-state index contributed by atoms with van der Waals surface area (Å²) in [5, 5.41) is 2.72. The Balaban J connectivity index is 2.01. The van der Waals surface area contributed by atoms with Crippen molar-refractivity contribution in [3.8, 4) is 0 Å². The van der Waals surface area contributed by atoms with Crippen LogP contribution in [-0.2, 0) is 17.6 Å². The second kappa shape index (κ2) is 4.69. The molecule has 2 nitrogen and oxygen atoms in total. The Morgan fingerprint density at radius 3 is 2.26 bits per heavy atom. The molecule has 2 aromatic rings. The third-order valence-corrected chi connectivity index (χ3v) is 4.23. The summed E-state index contributed by atoms with van der Waals surface area (Å²) in [7, 11) is 1.94. The average molecular weight is 253 g/mol. The summed E-state index contributed by atoms with van der Waals surface area (Å²) in [4.78, 5) is 13.8. The minimum Gasteiger partial charge on any atom is -0.342 e. The summed E-state index contributed by atoms with van der Waals surface area (Å²) < 4.78 is 0. The van der Waals surface area contributed by atoms with E-state index in [1.807, 2.05) is 18.9 Å². The van der Waals surface area contributed by atoms with Gasteiger partial charge in [0.25, 0.3) is 0 Å². The molecule has 0 spiro atoms. The smallest absolute Gasteiger partial charge is 0.222 e. The molecule has 2 heteroatoms. The zero-order valence-corrected chi connectivity index (χ0v) is 11.5. The van der Waals surface area contributed by atoms with Gasteiger partial charge in [-0.15, -0.1) is 0 Å². The van der Waals surface area contributed by atoms with Crippen LogP contribution in [0.4, 0.5) is 0 Å². The monoisotopic (exact) mass is 253 g/mol. The molecule has 98 valence electrons. The third-order valence-electron chi connectivity index (χ3n) is 4.23. The van der Waals surface area contributed by atoms with Crippen molar-refractivity contribution in [2.75, 3.05) is 7.05 Å². The van der Waals surface area contributed by atoms with Gasteiger partial charge in [-0.25, -0.2) is 0 Å². The Bertz CT molecular complexity index is 591. The van der Waals surface area contributed by atoms with Gasteiger partial charge in [-0.1, -0.05) is 43.3 Å². The van der Waals surface area contributed by atoms with Crippen LogP contribution >= 0.6 is 0 Å². The number of hydrogen-bond acceptors (Lipinski definition) is 1. The molecule has 0 fully saturated rings. The molecule has 0 N–H and O–H groups in total. The van der Waals surface area contributed by atoms with Gasteiger partial charge in [-0.05, 0) is 34.7 Å². The number of benzene rings is 2. The van der Waals surface area contributed by atoms with Gasteiger partial charge >= 0.3 is 0 Å². The van der Waals surface area contributed by atoms with Crippen molar-refractivity contribution in [2.45, 2.75) is 32.2 Å². The summed E-state index contributed by atoms with van der Waals surface area (Å²) in [6, 6.07) is 13.3. The maximum absolute atomic E-state index is 11.9. The van der Waals surface area contributed by atoms with Crippen molar-refractivity contribution in [3.63, 3.8) is 0 Å². The Hall–Kier alpha value is -1.83. The van der Waals surface area contributed by atoms with Crippen molar-refractivity contribution in [2.24, 2.45) is 0 Å². The van der Waals surface area contributed by atoms with E-state index in [9.17, 15) is 4.79 Å². The first-order valence-electron chi connectivity index (χ1n) is 6.96. The fourth-order valence-corrected chi connectivity index (χ4v) is 3.15. The largest absolute Gasteiger partial charge is 0.342 e. The summed E-state index contributed by atoms with van der Waals surface area (Å²) >= 11 is 0. The van der Waals surface area contributed by atoms with Gasteiger partial charge in [-0.2, -0.15) is 0 Å². The minimum absolute atomic E-state index is 0.233. The van der Waals surface area contributed by atoms with Gasteiger partial charge in [0.15, 0.2) is 0 Å². The second-order valence-electron chi connectivity index (χ2n) is 5.35. The zero-order chi connectivity index (χ0) is 13.4. The summed E-state index contributed by atoms with van der Waals surface area (Å²) in [5.74, 6) is 0.233. The Labute approximate surface area is 114 Å². The van der Waals surface area contributed by atoms with E-state index in [-0.39, 0.29) is 5.91 Å². The molecule has 3 rings (SSSR count). The van der Waals surface area contributed by atoms with Crippen molar-refractivity contribution in [1.29, 1.82) is 0 Å². The molecule has 0 saturated carbocycles. The molecule has 2 aromatic carbocycles. The normalized spacial score (nSPS) is 14.6. The average Bonchev–Trinajstić information content (AvgIpc) is 2.46. The van der Waals surface area contributed by atoms with Crippen LogP contribution < -0.4 is 0 Å². The first kappa shape index (κ1) is 12.2. The first-order valence-corrected chi connectivity index (χ1v) is 6.96. The Morgan fingerprint density at radius 2 is 1.74 bits per heavy atom. The standard InChI is InChI=1S/C17H19NO/c1-3-16(19)18(2)15-10-13-8-4-6-12-7-5-9-14(11-15)17(12)13/h4-9,15H,3,10-11H2,1-2H3. The van der Waals surface area contributed by atoms with Crippen LogP contribution in [0.2, 0.25) is 0 Å². The lowest BCUT2D eigenvalue weighted by Gasteiger charge is -2.32. The van der Waals surface area contributed by atoms with Crippen LogP contribution in [-0.4, -0.2) is 23.9 Å². The zero-order valence-electron chi connectivity index (χ0n) is 11.5. The number of nitrogens with zero attached hydrogens (tertiary/aromatic N) is 1. The molecule has 1 aliphatic carbocycles. The van der Waals surface area contributed by atoms with E-state index in [0.717, 1.165) is 12.8 Å². The second-order valence-corrected chi connectivity index (χ2v) is 5.35. The van der Waals surface area contributed by atoms with E-state index < -0.39 is 0 Å². The van der Waals surface area contributed by atoms with E-state index >= 15 is 0 Å². The highest BCUT2D eigenvalue weighted by atomic mass is 16.2. The number of likely N-dealkylation sites (N-methyl/N-ethyl adjacent to an activating group) is 1. The van der Waals surface area contributed by atoms with E-state index in [4.69, 9.17) is 0 Å². The molecule has 1 aliphatic rings. The molecule has 0 bridgehead atoms. The highest BCUT2D eigenvalue weighted by Gasteiger charge is 2.25. The van der Waals surface area contributed by atoms with Gasteiger partial charge in [0.05, 0.1) is 0 Å². The lowest BCUT2D eigenvalue weighted by Crippen LogP contribution is -2.41. The van der Waals surface area contributed by atoms with E-state index in [1.54, 1.807) is 0 Å². The van der Waals surface area contributed by atoms with E-state index in [0.29, 0.717) is 12.5 Å². The number of carbonyl (C=O) groups is 1. The number of amides is 1. The lowest BCUT2D eigenvalue weighted by atomic mass is 9.85. The third kappa shape index (κ3) is 2.01. The predicted molar refractivity (Wildman–Crippen MR) is 78.2 cm³/mol. The lowest BCUT2D eigenvalue weighted by molar-refractivity contribution is -0.131. The minimum atomic E-state index is 0.233. The summed E-state index contributed by atoms with van der Waals surface area (Å²) in [5.41, 5.74) is 2.75. The van der Waals surface area contributed by atoms with Gasteiger partial charge in [0, 0.05) is 19.5 Å². The van der Waals surface area contributed by atoms with Crippen molar-refractivity contribution in [1.82, 2.24) is 4.90 Å². The SMILES string of the molecule is CCC(=O)N(C)C1Cc2cccc3cccc(c23)C1. The van der Waals surface area contributed by atoms with Gasteiger partial charge in [0.2, 0.25) is 5.91 Å². The molecule has 0 unspecified atom stereocenters. The number of hydrogen-bond donors (Lipinski definition) is 0. The topological polar surface area (TPSA) is 20.3 Å². The van der Waals surface area contributed by atoms with Crippen molar-refractivity contribution >= 4 is 16.7 Å². The fourth-order valence-electron chi connectivity index (χ4n) is 3.15. The molecular formula is C17H19NO. The highest BCUT2D eigenvalue weighted by molar-refractivity contribution is 5.90. The van der Waals surface area contributed by atoms with Crippen molar-refractivity contribution < 1.29 is 4.79 Å².